The minimum atomic E-state index is -0.665. The molecule has 2 atom stereocenters. The predicted octanol–water partition coefficient (Wildman–Crippen LogP) is 3.00. The molecule has 1 aromatic rings. The van der Waals surface area contributed by atoms with Crippen LogP contribution >= 0.6 is 15.9 Å². The third kappa shape index (κ3) is 3.10. The Hall–Kier alpha value is -1.43. The fourth-order valence-electron chi connectivity index (χ4n) is 2.58. The van der Waals surface area contributed by atoms with E-state index in [0.29, 0.717) is 17.3 Å². The maximum Gasteiger partial charge on any atom is 0.250 e. The van der Waals surface area contributed by atoms with E-state index in [9.17, 15) is 14.0 Å². The molecule has 1 fully saturated rings. The molecular formula is C15H18BrFN2O2. The highest BCUT2D eigenvalue weighted by Crippen LogP contribution is 2.28. The summed E-state index contributed by atoms with van der Waals surface area (Å²) in [7, 11) is 0. The van der Waals surface area contributed by atoms with E-state index in [0.717, 1.165) is 6.42 Å². The second-order valence-corrected chi connectivity index (χ2v) is 5.99. The van der Waals surface area contributed by atoms with Gasteiger partial charge in [-0.3, -0.25) is 14.5 Å². The van der Waals surface area contributed by atoms with Gasteiger partial charge >= 0.3 is 0 Å². The quantitative estimate of drug-likeness (QED) is 0.901. The molecule has 1 heterocycles. The first-order valence-electron chi connectivity index (χ1n) is 7.08. The van der Waals surface area contributed by atoms with Gasteiger partial charge < -0.3 is 5.32 Å². The van der Waals surface area contributed by atoms with Gasteiger partial charge in [0, 0.05) is 4.47 Å². The minimum Gasteiger partial charge on any atom is -0.342 e. The summed E-state index contributed by atoms with van der Waals surface area (Å²) in [5.41, 5.74) is 0.158. The Bertz CT molecular complexity index is 565. The number of hydrogen-bond acceptors (Lipinski definition) is 2. The lowest BCUT2D eigenvalue weighted by Gasteiger charge is -2.38. The van der Waals surface area contributed by atoms with Crippen LogP contribution in [0.3, 0.4) is 0 Å². The van der Waals surface area contributed by atoms with Crippen LogP contribution in [-0.4, -0.2) is 23.9 Å². The van der Waals surface area contributed by atoms with Crippen LogP contribution in [0.4, 0.5) is 10.1 Å². The zero-order chi connectivity index (χ0) is 15.6. The summed E-state index contributed by atoms with van der Waals surface area (Å²) in [5, 5.41) is 2.74. The first-order chi connectivity index (χ1) is 9.99. The van der Waals surface area contributed by atoms with Crippen LogP contribution in [-0.2, 0) is 9.59 Å². The van der Waals surface area contributed by atoms with Crippen LogP contribution in [0.5, 0.6) is 0 Å². The van der Waals surface area contributed by atoms with Crippen molar-refractivity contribution in [3.8, 4) is 0 Å². The molecule has 1 saturated heterocycles. The van der Waals surface area contributed by atoms with Gasteiger partial charge in [-0.05, 0) is 31.0 Å². The first kappa shape index (κ1) is 15.9. The number of rotatable bonds is 4. The van der Waals surface area contributed by atoms with E-state index in [1.807, 2.05) is 6.92 Å². The molecular weight excluding hydrogens is 339 g/mol. The molecule has 1 aromatic carbocycles. The second-order valence-electron chi connectivity index (χ2n) is 5.08. The van der Waals surface area contributed by atoms with Crippen LogP contribution in [0.15, 0.2) is 22.7 Å². The topological polar surface area (TPSA) is 49.4 Å². The number of nitrogens with one attached hydrogen (secondary N) is 1. The SMILES string of the molecule is CCCC1NC(=O)C(CC)N(c2ccc(Br)cc2F)C1=O. The smallest absolute Gasteiger partial charge is 0.250 e. The molecule has 1 aliphatic rings. The van der Waals surface area contributed by atoms with Gasteiger partial charge in [0.1, 0.15) is 17.9 Å². The normalized spacial score (nSPS) is 22.4. The van der Waals surface area contributed by atoms with Gasteiger partial charge in [-0.2, -0.15) is 0 Å². The summed E-state index contributed by atoms with van der Waals surface area (Å²) < 4.78 is 14.8. The maximum atomic E-state index is 14.2. The highest BCUT2D eigenvalue weighted by molar-refractivity contribution is 9.10. The van der Waals surface area contributed by atoms with Crippen molar-refractivity contribution in [1.82, 2.24) is 5.32 Å². The number of amides is 2. The van der Waals surface area contributed by atoms with E-state index in [4.69, 9.17) is 0 Å². The van der Waals surface area contributed by atoms with Crippen LogP contribution in [0.2, 0.25) is 0 Å². The number of benzene rings is 1. The van der Waals surface area contributed by atoms with Gasteiger partial charge in [-0.1, -0.05) is 36.2 Å². The van der Waals surface area contributed by atoms with Gasteiger partial charge in [0.2, 0.25) is 11.8 Å². The van der Waals surface area contributed by atoms with E-state index in [2.05, 4.69) is 21.2 Å². The molecule has 114 valence electrons. The number of nitrogens with zero attached hydrogens (tertiary/aromatic N) is 1. The van der Waals surface area contributed by atoms with Crippen molar-refractivity contribution >= 4 is 33.4 Å². The van der Waals surface area contributed by atoms with E-state index in [1.54, 1.807) is 13.0 Å². The van der Waals surface area contributed by atoms with E-state index in [1.165, 1.54) is 17.0 Å². The van der Waals surface area contributed by atoms with Crippen molar-refractivity contribution in [2.24, 2.45) is 0 Å². The lowest BCUT2D eigenvalue weighted by Crippen LogP contribution is -2.63. The van der Waals surface area contributed by atoms with Gasteiger partial charge in [0.25, 0.3) is 0 Å². The Morgan fingerprint density at radius 1 is 1.33 bits per heavy atom. The maximum absolute atomic E-state index is 14.2. The van der Waals surface area contributed by atoms with Crippen molar-refractivity contribution in [2.45, 2.75) is 45.2 Å². The Labute approximate surface area is 131 Å². The van der Waals surface area contributed by atoms with Crippen LogP contribution in [0.25, 0.3) is 0 Å². The molecule has 1 aliphatic heterocycles. The summed E-state index contributed by atoms with van der Waals surface area (Å²) in [4.78, 5) is 26.1. The van der Waals surface area contributed by atoms with E-state index >= 15 is 0 Å². The standard InChI is InChI=1S/C15H18BrFN2O2/c1-3-5-11-15(21)19(12(4-2)14(20)18-11)13-7-6-9(16)8-10(13)17/h6-8,11-12H,3-5H2,1-2H3,(H,18,20). The van der Waals surface area contributed by atoms with Gasteiger partial charge in [-0.25, -0.2) is 4.39 Å². The number of anilines is 1. The molecule has 2 amide bonds. The molecule has 4 nitrogen and oxygen atoms in total. The number of carbonyl (C=O) groups is 2. The summed E-state index contributed by atoms with van der Waals surface area (Å²) in [6.45, 7) is 3.75. The monoisotopic (exact) mass is 356 g/mol. The molecule has 0 saturated carbocycles. The summed E-state index contributed by atoms with van der Waals surface area (Å²) >= 11 is 3.19. The number of piperazine rings is 1. The third-order valence-corrected chi connectivity index (χ3v) is 4.09. The zero-order valence-corrected chi connectivity index (χ0v) is 13.6. The Kier molecular flexibility index (Phi) is 4.98. The minimum absolute atomic E-state index is 0.158. The first-order valence-corrected chi connectivity index (χ1v) is 7.87. The average molecular weight is 357 g/mol. The molecule has 0 radical (unpaired) electrons. The van der Waals surface area contributed by atoms with E-state index < -0.39 is 17.9 Å². The largest absolute Gasteiger partial charge is 0.342 e. The van der Waals surface area contributed by atoms with Crippen molar-refractivity contribution < 1.29 is 14.0 Å². The molecule has 0 bridgehead atoms. The number of carbonyl (C=O) groups excluding carboxylic acids is 2. The molecule has 1 N–H and O–H groups in total. The molecule has 6 heteroatoms. The van der Waals surface area contributed by atoms with Crippen LogP contribution < -0.4 is 10.2 Å². The van der Waals surface area contributed by atoms with Gasteiger partial charge in [-0.15, -0.1) is 0 Å². The highest BCUT2D eigenvalue weighted by atomic mass is 79.9. The Balaban J connectivity index is 2.44. The molecule has 2 rings (SSSR count). The van der Waals surface area contributed by atoms with Crippen molar-refractivity contribution in [2.75, 3.05) is 4.90 Å². The molecule has 0 spiro atoms. The van der Waals surface area contributed by atoms with Crippen molar-refractivity contribution in [1.29, 1.82) is 0 Å². The lowest BCUT2D eigenvalue weighted by molar-refractivity contribution is -0.134. The molecule has 0 aliphatic carbocycles. The Morgan fingerprint density at radius 2 is 2.05 bits per heavy atom. The lowest BCUT2D eigenvalue weighted by atomic mass is 10.0. The predicted molar refractivity (Wildman–Crippen MR) is 82.5 cm³/mol. The zero-order valence-electron chi connectivity index (χ0n) is 12.0. The fourth-order valence-corrected chi connectivity index (χ4v) is 2.92. The average Bonchev–Trinajstić information content (AvgIpc) is 2.43. The summed E-state index contributed by atoms with van der Waals surface area (Å²) in [5.74, 6) is -0.983. The van der Waals surface area contributed by atoms with E-state index in [-0.39, 0.29) is 17.5 Å². The number of hydrogen-bond donors (Lipinski definition) is 1. The fraction of sp³-hybridized carbons (Fsp3) is 0.467. The van der Waals surface area contributed by atoms with Gasteiger partial charge in [0.05, 0.1) is 5.69 Å². The molecule has 0 aromatic heterocycles. The van der Waals surface area contributed by atoms with Crippen molar-refractivity contribution in [3.63, 3.8) is 0 Å². The molecule has 21 heavy (non-hydrogen) atoms. The Morgan fingerprint density at radius 3 is 2.62 bits per heavy atom. The van der Waals surface area contributed by atoms with Gasteiger partial charge in [0.15, 0.2) is 0 Å². The summed E-state index contributed by atoms with van der Waals surface area (Å²) in [6.07, 6.45) is 1.76. The van der Waals surface area contributed by atoms with Crippen LogP contribution in [0.1, 0.15) is 33.1 Å². The highest BCUT2D eigenvalue weighted by Gasteiger charge is 2.40. The molecule has 2 unspecified atom stereocenters. The van der Waals surface area contributed by atoms with Crippen LogP contribution in [0, 0.1) is 5.82 Å². The number of halogens is 2. The third-order valence-electron chi connectivity index (χ3n) is 3.60. The summed E-state index contributed by atoms with van der Waals surface area (Å²) in [6, 6.07) is 3.26. The second kappa shape index (κ2) is 6.56. The van der Waals surface area contributed by atoms with Crippen molar-refractivity contribution in [3.05, 3.63) is 28.5 Å².